The highest BCUT2D eigenvalue weighted by Crippen LogP contribution is 2.63. The van der Waals surface area contributed by atoms with Gasteiger partial charge in [0.15, 0.2) is 0 Å². The summed E-state index contributed by atoms with van der Waals surface area (Å²) in [6.45, 7) is 19.6. The van der Waals surface area contributed by atoms with Gasteiger partial charge in [-0.25, -0.2) is 0 Å². The molecule has 0 bridgehead atoms. The van der Waals surface area contributed by atoms with E-state index in [9.17, 15) is 0 Å². The highest BCUT2D eigenvalue weighted by molar-refractivity contribution is 5.93. The fourth-order valence-electron chi connectivity index (χ4n) is 11.9. The minimum atomic E-state index is -0.129. The predicted octanol–water partition coefficient (Wildman–Crippen LogP) is 18.9. The van der Waals surface area contributed by atoms with E-state index in [-0.39, 0.29) is 10.8 Å². The second-order valence-corrected chi connectivity index (χ2v) is 20.5. The first kappa shape index (κ1) is 45.3. The summed E-state index contributed by atoms with van der Waals surface area (Å²) < 4.78 is 0. The minimum Gasteiger partial charge on any atom is -0.310 e. The lowest BCUT2D eigenvalue weighted by molar-refractivity contribution is 0.306. The van der Waals surface area contributed by atoms with E-state index < -0.39 is 0 Å². The maximum Gasteiger partial charge on any atom is 0.0465 e. The molecule has 2 heteroatoms. The van der Waals surface area contributed by atoms with E-state index in [1.165, 1.54) is 67.5 Å². The number of nitrogens with zero attached hydrogens (tertiary/aromatic N) is 2. The Morgan fingerprint density at radius 1 is 0.303 bits per heavy atom. The van der Waals surface area contributed by atoms with Gasteiger partial charge in [-0.1, -0.05) is 166 Å². The molecule has 9 rings (SSSR count). The van der Waals surface area contributed by atoms with Crippen LogP contribution in [0, 0.1) is 23.7 Å². The maximum absolute atomic E-state index is 2.75. The molecule has 0 spiro atoms. The molecule has 0 saturated heterocycles. The molecule has 0 amide bonds. The maximum atomic E-state index is 2.75. The molecule has 0 saturated carbocycles. The van der Waals surface area contributed by atoms with Crippen molar-refractivity contribution in [2.45, 2.75) is 118 Å². The quantitative estimate of drug-likeness (QED) is 0.0848. The number of hydrogen-bond acceptors (Lipinski definition) is 2. The molecular weight excluding hydrogens is 797 g/mol. The summed E-state index contributed by atoms with van der Waals surface area (Å²) in [6, 6.07) is 64.4. The van der Waals surface area contributed by atoms with Crippen LogP contribution in [0.2, 0.25) is 0 Å². The van der Waals surface area contributed by atoms with Gasteiger partial charge >= 0.3 is 0 Å². The summed E-state index contributed by atoms with van der Waals surface area (Å²) in [5, 5.41) is 0. The summed E-state index contributed by atoms with van der Waals surface area (Å²) in [7, 11) is 0. The first-order valence-electron chi connectivity index (χ1n) is 25.4. The van der Waals surface area contributed by atoms with Crippen LogP contribution in [-0.2, 0) is 10.8 Å². The Balaban J connectivity index is 1.31. The van der Waals surface area contributed by atoms with Crippen molar-refractivity contribution in [2.75, 3.05) is 9.80 Å². The molecule has 2 aliphatic rings. The van der Waals surface area contributed by atoms with E-state index in [2.05, 4.69) is 235 Å². The zero-order valence-corrected chi connectivity index (χ0v) is 41.0. The molecule has 0 radical (unpaired) electrons. The Morgan fingerprint density at radius 3 is 0.818 bits per heavy atom. The monoisotopic (exact) mass is 869 g/mol. The second kappa shape index (κ2) is 19.2. The SMILES string of the molecule is CCC(C)CC1(CC(C)CC)c2cc(N(c3ccccc3)c3ccccc3)ccc2-c2cc3c(cc21)-c1ccc(N(c2ccccc2)c2ccccc2)cc1C3(CC(C)CC)CC(C)CC. The molecular formula is C64H72N2. The Labute approximate surface area is 397 Å². The van der Waals surface area contributed by atoms with Crippen molar-refractivity contribution < 1.29 is 0 Å². The number of hydrogen-bond donors (Lipinski definition) is 0. The third-order valence-corrected chi connectivity index (χ3v) is 16.0. The standard InChI is InChI=1S/C64H72N2/c1-9-45(5)41-63(42-46(6)10-2)59-37-53(65(49-25-17-13-18-26-49)50-27-19-14-20-28-50)33-35-55(59)57-40-62-58(39-61(57)63)56-36-34-54(38-60(56)64(62,43-47(7)11-3)44-48(8)12-4)66(51-29-21-15-22-30-51)52-31-23-16-24-32-52/h13-40,45-48H,9-12,41-44H2,1-8H3. The molecule has 2 aliphatic carbocycles. The lowest BCUT2D eigenvalue weighted by Crippen LogP contribution is -2.31. The van der Waals surface area contributed by atoms with E-state index >= 15 is 0 Å². The minimum absolute atomic E-state index is 0.129. The zero-order chi connectivity index (χ0) is 46.0. The fraction of sp³-hybridized carbons (Fsp3) is 0.344. The first-order valence-corrected chi connectivity index (χ1v) is 25.4. The van der Waals surface area contributed by atoms with Crippen molar-refractivity contribution >= 4 is 34.1 Å². The van der Waals surface area contributed by atoms with Crippen LogP contribution in [0.4, 0.5) is 34.1 Å². The number of rotatable bonds is 18. The summed E-state index contributed by atoms with van der Waals surface area (Å²) in [6.07, 6.45) is 9.18. The largest absolute Gasteiger partial charge is 0.310 e. The zero-order valence-electron chi connectivity index (χ0n) is 41.0. The molecule has 66 heavy (non-hydrogen) atoms. The van der Waals surface area contributed by atoms with Gasteiger partial charge in [0.25, 0.3) is 0 Å². The Bertz CT molecular complexity index is 2430. The van der Waals surface area contributed by atoms with Crippen LogP contribution >= 0.6 is 0 Å². The van der Waals surface area contributed by atoms with Crippen molar-refractivity contribution in [1.29, 1.82) is 0 Å². The predicted molar refractivity (Wildman–Crippen MR) is 285 cm³/mol. The molecule has 0 aromatic heterocycles. The van der Waals surface area contributed by atoms with Crippen molar-refractivity contribution in [2.24, 2.45) is 23.7 Å². The van der Waals surface area contributed by atoms with Gasteiger partial charge in [0.1, 0.15) is 0 Å². The number of fused-ring (bicyclic) bond motifs is 6. The van der Waals surface area contributed by atoms with Gasteiger partial charge in [0.05, 0.1) is 0 Å². The average Bonchev–Trinajstić information content (AvgIpc) is 3.76. The molecule has 0 heterocycles. The van der Waals surface area contributed by atoms with Gasteiger partial charge in [-0.05, 0) is 179 Å². The van der Waals surface area contributed by atoms with Crippen LogP contribution in [0.15, 0.2) is 170 Å². The molecule has 0 aliphatic heterocycles. The molecule has 7 aromatic carbocycles. The molecule has 0 fully saturated rings. The Hall–Kier alpha value is -5.86. The van der Waals surface area contributed by atoms with Crippen LogP contribution in [0.1, 0.15) is 129 Å². The van der Waals surface area contributed by atoms with Crippen LogP contribution in [0.25, 0.3) is 22.3 Å². The van der Waals surface area contributed by atoms with Crippen LogP contribution in [-0.4, -0.2) is 0 Å². The van der Waals surface area contributed by atoms with Crippen LogP contribution < -0.4 is 9.80 Å². The van der Waals surface area contributed by atoms with Gasteiger partial charge < -0.3 is 9.80 Å². The molecule has 0 N–H and O–H groups in total. The summed E-state index contributed by atoms with van der Waals surface area (Å²) in [5.74, 6) is 2.26. The summed E-state index contributed by atoms with van der Waals surface area (Å²) in [4.78, 5) is 4.93. The van der Waals surface area contributed by atoms with Gasteiger partial charge in [-0.15, -0.1) is 0 Å². The second-order valence-electron chi connectivity index (χ2n) is 20.5. The van der Waals surface area contributed by atoms with E-state index in [4.69, 9.17) is 0 Å². The first-order chi connectivity index (χ1) is 32.1. The number of anilines is 6. The normalized spacial score (nSPS) is 18.7. The topological polar surface area (TPSA) is 6.48 Å². The lowest BCUT2D eigenvalue weighted by atomic mass is 9.65. The average molecular weight is 869 g/mol. The molecule has 338 valence electrons. The molecule has 4 atom stereocenters. The van der Waals surface area contributed by atoms with E-state index in [1.54, 1.807) is 11.1 Å². The smallest absolute Gasteiger partial charge is 0.0465 e. The Kier molecular flexibility index (Phi) is 13.2. The Morgan fingerprint density at radius 2 is 0.561 bits per heavy atom. The van der Waals surface area contributed by atoms with E-state index in [1.807, 2.05) is 0 Å². The fourth-order valence-corrected chi connectivity index (χ4v) is 11.9. The lowest BCUT2D eigenvalue weighted by Gasteiger charge is -2.39. The summed E-state index contributed by atoms with van der Waals surface area (Å²) >= 11 is 0. The summed E-state index contributed by atoms with van der Waals surface area (Å²) in [5.41, 5.74) is 18.9. The molecule has 7 aromatic rings. The van der Waals surface area contributed by atoms with Gasteiger partial charge in [0.2, 0.25) is 0 Å². The highest BCUT2D eigenvalue weighted by atomic mass is 15.1. The third kappa shape index (κ3) is 8.20. The van der Waals surface area contributed by atoms with Gasteiger partial charge in [-0.2, -0.15) is 0 Å². The van der Waals surface area contributed by atoms with Crippen molar-refractivity contribution in [3.05, 3.63) is 192 Å². The van der Waals surface area contributed by atoms with Gasteiger partial charge in [-0.3, -0.25) is 0 Å². The van der Waals surface area contributed by atoms with Gasteiger partial charge in [0, 0.05) is 45.0 Å². The van der Waals surface area contributed by atoms with Crippen molar-refractivity contribution in [3.63, 3.8) is 0 Å². The molecule has 4 unspecified atom stereocenters. The number of benzene rings is 7. The van der Waals surface area contributed by atoms with Crippen molar-refractivity contribution in [3.8, 4) is 22.3 Å². The van der Waals surface area contributed by atoms with E-state index in [0.717, 1.165) is 51.4 Å². The third-order valence-electron chi connectivity index (χ3n) is 16.0. The van der Waals surface area contributed by atoms with Crippen molar-refractivity contribution in [1.82, 2.24) is 0 Å². The number of para-hydroxylation sites is 4. The van der Waals surface area contributed by atoms with E-state index in [0.29, 0.717) is 23.7 Å². The van der Waals surface area contributed by atoms with Crippen LogP contribution in [0.5, 0.6) is 0 Å². The molecule has 2 nitrogen and oxygen atoms in total. The highest BCUT2D eigenvalue weighted by Gasteiger charge is 2.50. The van der Waals surface area contributed by atoms with Crippen LogP contribution in [0.3, 0.4) is 0 Å².